The first-order valence-corrected chi connectivity index (χ1v) is 14.7. The number of hydrogen-bond donors (Lipinski definition) is 1. The normalized spacial score (nSPS) is 17.6. The van der Waals surface area contributed by atoms with Gasteiger partial charge < -0.3 is 19.9 Å². The van der Waals surface area contributed by atoms with Crippen molar-refractivity contribution in [2.45, 2.75) is 78.1 Å². The van der Waals surface area contributed by atoms with Crippen molar-refractivity contribution in [2.75, 3.05) is 33.7 Å². The number of benzene rings is 2. The lowest BCUT2D eigenvalue weighted by Gasteiger charge is -2.38. The first-order chi connectivity index (χ1) is 19.4. The van der Waals surface area contributed by atoms with Crippen molar-refractivity contribution in [2.24, 2.45) is 5.41 Å². The number of likely N-dealkylation sites (N-methyl/N-ethyl adjacent to an activating group) is 1. The highest BCUT2D eigenvalue weighted by Gasteiger charge is 2.41. The molecule has 0 spiro atoms. The number of nitrogens with one attached hydrogen (secondary N) is 1. The Kier molecular flexibility index (Phi) is 11.4. The van der Waals surface area contributed by atoms with E-state index < -0.39 is 17.6 Å². The van der Waals surface area contributed by atoms with Crippen molar-refractivity contribution in [3.63, 3.8) is 0 Å². The van der Waals surface area contributed by atoms with Gasteiger partial charge in [-0.1, -0.05) is 88.4 Å². The molecule has 1 aliphatic heterocycles. The van der Waals surface area contributed by atoms with Crippen molar-refractivity contribution in [3.8, 4) is 0 Å². The van der Waals surface area contributed by atoms with Gasteiger partial charge in [0.05, 0.1) is 6.04 Å². The molecule has 1 fully saturated rings. The topological polar surface area (TPSA) is 82.2 Å². The molecule has 3 rings (SSSR count). The number of carbonyl (C=O) groups excluding carboxylic acids is 3. The molecule has 2 aromatic carbocycles. The van der Waals surface area contributed by atoms with Gasteiger partial charge in [-0.15, -0.1) is 0 Å². The van der Waals surface area contributed by atoms with Crippen molar-refractivity contribution < 1.29 is 19.1 Å². The molecular formula is C33H48N4O4. The van der Waals surface area contributed by atoms with Gasteiger partial charge in [0.25, 0.3) is 0 Å². The number of amides is 3. The van der Waals surface area contributed by atoms with Crippen molar-refractivity contribution in [1.82, 2.24) is 20.0 Å². The summed E-state index contributed by atoms with van der Waals surface area (Å²) in [6.45, 7) is 11.4. The van der Waals surface area contributed by atoms with E-state index in [0.717, 1.165) is 24.0 Å². The van der Waals surface area contributed by atoms with E-state index >= 15 is 0 Å². The maximum absolute atomic E-state index is 14.0. The van der Waals surface area contributed by atoms with E-state index in [-0.39, 0.29) is 36.4 Å². The average Bonchev–Trinajstić information content (AvgIpc) is 3.41. The van der Waals surface area contributed by atoms with Crippen LogP contribution in [0.3, 0.4) is 0 Å². The minimum Gasteiger partial charge on any atom is -0.445 e. The molecule has 0 radical (unpaired) electrons. The molecule has 41 heavy (non-hydrogen) atoms. The minimum absolute atomic E-state index is 0.0835. The predicted octanol–water partition coefficient (Wildman–Crippen LogP) is 4.90. The summed E-state index contributed by atoms with van der Waals surface area (Å²) in [6, 6.07) is 18.5. The van der Waals surface area contributed by atoms with Gasteiger partial charge in [-0.25, -0.2) is 4.79 Å². The van der Waals surface area contributed by atoms with Crippen LogP contribution in [0.4, 0.5) is 4.79 Å². The SMILES string of the molecule is C[C@H](CN(C[C@@H]1CCCN1C(=O)[C@@H](NC(=O)[C@H](C)N(C)C)C(C)(C)C)C(=O)OCc1ccccc1)c1ccccc1. The highest BCUT2D eigenvalue weighted by atomic mass is 16.6. The van der Waals surface area contributed by atoms with Gasteiger partial charge in [0.15, 0.2) is 0 Å². The second-order valence-electron chi connectivity index (χ2n) is 12.5. The summed E-state index contributed by atoms with van der Waals surface area (Å²) in [6.07, 6.45) is 1.24. The Hall–Kier alpha value is -3.39. The standard InChI is InChI=1S/C33H48N4O4/c1-24(27-17-12-9-13-18-27)21-36(32(40)41-23-26-15-10-8-11-16-26)22-28-19-14-20-37(28)31(39)29(33(3,4)5)34-30(38)25(2)35(6)7/h8-13,15-18,24-25,28-29H,14,19-23H2,1-7H3,(H,34,38)/t24-,25+,28+,29-/m1/s1. The van der Waals surface area contributed by atoms with Crippen molar-refractivity contribution >= 4 is 17.9 Å². The lowest BCUT2D eigenvalue weighted by atomic mass is 9.85. The minimum atomic E-state index is -0.681. The lowest BCUT2D eigenvalue weighted by molar-refractivity contribution is -0.141. The van der Waals surface area contributed by atoms with Gasteiger partial charge >= 0.3 is 6.09 Å². The summed E-state index contributed by atoms with van der Waals surface area (Å²) < 4.78 is 5.76. The summed E-state index contributed by atoms with van der Waals surface area (Å²) >= 11 is 0. The fraction of sp³-hybridized carbons (Fsp3) is 0.545. The van der Waals surface area contributed by atoms with E-state index in [9.17, 15) is 14.4 Å². The van der Waals surface area contributed by atoms with E-state index in [0.29, 0.717) is 19.6 Å². The first-order valence-electron chi connectivity index (χ1n) is 14.7. The smallest absolute Gasteiger partial charge is 0.410 e. The molecule has 1 saturated heterocycles. The zero-order chi connectivity index (χ0) is 30.2. The van der Waals surface area contributed by atoms with E-state index in [1.807, 2.05) is 100 Å². The average molecular weight is 565 g/mol. The Bertz CT molecular complexity index is 1130. The van der Waals surface area contributed by atoms with E-state index in [2.05, 4.69) is 24.4 Å². The summed E-state index contributed by atoms with van der Waals surface area (Å²) in [5.41, 5.74) is 1.57. The zero-order valence-corrected chi connectivity index (χ0v) is 25.8. The number of hydrogen-bond acceptors (Lipinski definition) is 5. The molecule has 8 heteroatoms. The lowest BCUT2D eigenvalue weighted by Crippen LogP contribution is -2.59. The van der Waals surface area contributed by atoms with Crippen LogP contribution in [0.15, 0.2) is 60.7 Å². The van der Waals surface area contributed by atoms with Crippen LogP contribution >= 0.6 is 0 Å². The van der Waals surface area contributed by atoms with E-state index in [1.165, 1.54) is 0 Å². The second-order valence-corrected chi connectivity index (χ2v) is 12.5. The van der Waals surface area contributed by atoms with Crippen LogP contribution in [-0.2, 0) is 20.9 Å². The van der Waals surface area contributed by atoms with Crippen LogP contribution in [0.2, 0.25) is 0 Å². The molecule has 1 N–H and O–H groups in total. The first kappa shape index (κ1) is 32.1. The van der Waals surface area contributed by atoms with Crippen LogP contribution in [0.1, 0.15) is 64.5 Å². The Labute approximate surface area is 246 Å². The number of carbonyl (C=O) groups is 3. The third-order valence-electron chi connectivity index (χ3n) is 7.97. The summed E-state index contributed by atoms with van der Waals surface area (Å²) in [7, 11) is 3.69. The Morgan fingerprint density at radius 2 is 1.61 bits per heavy atom. The maximum Gasteiger partial charge on any atom is 0.410 e. The van der Waals surface area contributed by atoms with Gasteiger partial charge in [-0.2, -0.15) is 0 Å². The third kappa shape index (κ3) is 9.05. The quantitative estimate of drug-likeness (QED) is 0.420. The van der Waals surface area contributed by atoms with E-state index in [1.54, 1.807) is 4.90 Å². The number of nitrogens with zero attached hydrogens (tertiary/aromatic N) is 3. The fourth-order valence-electron chi connectivity index (χ4n) is 5.13. The van der Waals surface area contributed by atoms with Crippen LogP contribution < -0.4 is 5.32 Å². The van der Waals surface area contributed by atoms with Crippen LogP contribution in [0, 0.1) is 5.41 Å². The molecule has 0 aliphatic carbocycles. The Morgan fingerprint density at radius 1 is 1.00 bits per heavy atom. The summed E-state index contributed by atoms with van der Waals surface area (Å²) in [5, 5.41) is 3.03. The second kappa shape index (κ2) is 14.5. The van der Waals surface area contributed by atoms with Gasteiger partial charge in [0.2, 0.25) is 11.8 Å². The largest absolute Gasteiger partial charge is 0.445 e. The van der Waals surface area contributed by atoms with Gasteiger partial charge in [0, 0.05) is 25.7 Å². The van der Waals surface area contributed by atoms with Crippen LogP contribution in [0.25, 0.3) is 0 Å². The third-order valence-corrected chi connectivity index (χ3v) is 7.97. The number of likely N-dealkylation sites (tertiary alicyclic amines) is 1. The van der Waals surface area contributed by atoms with Gasteiger partial charge in [-0.05, 0) is 56.3 Å². The Balaban J connectivity index is 1.79. The molecule has 8 nitrogen and oxygen atoms in total. The fourth-order valence-corrected chi connectivity index (χ4v) is 5.13. The molecule has 0 aromatic heterocycles. The molecule has 224 valence electrons. The van der Waals surface area contributed by atoms with Crippen molar-refractivity contribution in [1.29, 1.82) is 0 Å². The Morgan fingerprint density at radius 3 is 2.20 bits per heavy atom. The zero-order valence-electron chi connectivity index (χ0n) is 25.8. The molecule has 0 bridgehead atoms. The number of rotatable bonds is 11. The van der Waals surface area contributed by atoms with Gasteiger partial charge in [-0.3, -0.25) is 14.5 Å². The molecule has 3 amide bonds. The summed E-state index contributed by atoms with van der Waals surface area (Å²) in [5.74, 6) is -0.199. The molecule has 0 saturated carbocycles. The molecule has 1 aliphatic rings. The predicted molar refractivity (Wildman–Crippen MR) is 162 cm³/mol. The molecular weight excluding hydrogens is 516 g/mol. The van der Waals surface area contributed by atoms with Crippen molar-refractivity contribution in [3.05, 3.63) is 71.8 Å². The highest BCUT2D eigenvalue weighted by Crippen LogP contribution is 2.27. The van der Waals surface area contributed by atoms with Gasteiger partial charge in [0.1, 0.15) is 12.6 Å². The maximum atomic E-state index is 14.0. The molecule has 0 unspecified atom stereocenters. The number of ether oxygens (including phenoxy) is 1. The summed E-state index contributed by atoms with van der Waals surface area (Å²) in [4.78, 5) is 45.9. The van der Waals surface area contributed by atoms with Crippen LogP contribution in [-0.4, -0.2) is 84.5 Å². The van der Waals surface area contributed by atoms with E-state index in [4.69, 9.17) is 4.74 Å². The monoisotopic (exact) mass is 564 g/mol. The molecule has 4 atom stereocenters. The highest BCUT2D eigenvalue weighted by molar-refractivity contribution is 5.90. The molecule has 1 heterocycles. The molecule has 2 aromatic rings. The van der Waals surface area contributed by atoms with Crippen LogP contribution in [0.5, 0.6) is 0 Å².